The fraction of sp³-hybridized carbons (Fsp3) is 0.500. The Kier molecular flexibility index (Phi) is 5.33. The highest BCUT2D eigenvalue weighted by molar-refractivity contribution is 5.90. The zero-order valence-electron chi connectivity index (χ0n) is 13.3. The molecule has 0 aliphatic heterocycles. The molecule has 0 saturated carbocycles. The quantitative estimate of drug-likeness (QED) is 0.849. The van der Waals surface area contributed by atoms with Gasteiger partial charge in [0.1, 0.15) is 5.82 Å². The van der Waals surface area contributed by atoms with E-state index in [0.717, 1.165) is 29.8 Å². The third-order valence-electron chi connectivity index (χ3n) is 3.26. The van der Waals surface area contributed by atoms with Gasteiger partial charge in [-0.25, -0.2) is 4.98 Å². The monoisotopic (exact) mass is 288 g/mol. The molecule has 1 N–H and O–H groups in total. The molecule has 0 aliphatic rings. The van der Waals surface area contributed by atoms with Gasteiger partial charge >= 0.3 is 0 Å². The normalized spacial score (nSPS) is 11.1. The highest BCUT2D eigenvalue weighted by Crippen LogP contribution is 2.25. The number of aromatic nitrogens is 2. The standard InChI is InChI=1S/C16H24N4O/c1-12(2)11-20(9-10-21-4)15-13-7-5-6-8-14(13)18-16(17-3)19-15/h5-8,12H,9-11H2,1-4H3,(H,17,18,19). The average Bonchev–Trinajstić information content (AvgIpc) is 2.50. The van der Waals surface area contributed by atoms with Crippen molar-refractivity contribution < 1.29 is 4.74 Å². The van der Waals surface area contributed by atoms with Gasteiger partial charge < -0.3 is 15.0 Å². The highest BCUT2D eigenvalue weighted by Gasteiger charge is 2.15. The van der Waals surface area contributed by atoms with Crippen molar-refractivity contribution in [2.24, 2.45) is 5.92 Å². The van der Waals surface area contributed by atoms with Crippen molar-refractivity contribution in [3.63, 3.8) is 0 Å². The van der Waals surface area contributed by atoms with Crippen molar-refractivity contribution in [2.75, 3.05) is 44.1 Å². The van der Waals surface area contributed by atoms with E-state index in [1.54, 1.807) is 7.11 Å². The molecule has 0 atom stereocenters. The number of hydrogen-bond acceptors (Lipinski definition) is 5. The number of anilines is 2. The van der Waals surface area contributed by atoms with Gasteiger partial charge in [-0.3, -0.25) is 0 Å². The summed E-state index contributed by atoms with van der Waals surface area (Å²) in [5.41, 5.74) is 0.957. The van der Waals surface area contributed by atoms with Crippen molar-refractivity contribution in [1.29, 1.82) is 0 Å². The fourth-order valence-electron chi connectivity index (χ4n) is 2.34. The predicted molar refractivity (Wildman–Crippen MR) is 88.0 cm³/mol. The zero-order chi connectivity index (χ0) is 15.2. The molecule has 5 heteroatoms. The molecule has 1 aromatic carbocycles. The number of hydrogen-bond donors (Lipinski definition) is 1. The van der Waals surface area contributed by atoms with Gasteiger partial charge in [0.25, 0.3) is 0 Å². The number of rotatable bonds is 7. The SMILES string of the molecule is CNc1nc(N(CCOC)CC(C)C)c2ccccc2n1. The van der Waals surface area contributed by atoms with Gasteiger partial charge in [-0.15, -0.1) is 0 Å². The lowest BCUT2D eigenvalue weighted by Crippen LogP contribution is -2.32. The molecule has 0 fully saturated rings. The fourth-order valence-corrected chi connectivity index (χ4v) is 2.34. The number of ether oxygens (including phenoxy) is 1. The molecule has 0 saturated heterocycles. The molecule has 114 valence electrons. The van der Waals surface area contributed by atoms with Crippen molar-refractivity contribution in [3.8, 4) is 0 Å². The number of fused-ring (bicyclic) bond motifs is 1. The second-order valence-corrected chi connectivity index (χ2v) is 5.47. The van der Waals surface area contributed by atoms with Gasteiger partial charge in [-0.2, -0.15) is 4.98 Å². The summed E-state index contributed by atoms with van der Waals surface area (Å²) in [6.07, 6.45) is 0. The molecule has 0 bridgehead atoms. The van der Waals surface area contributed by atoms with Crippen LogP contribution in [0.5, 0.6) is 0 Å². The first-order chi connectivity index (χ1) is 10.2. The molecule has 21 heavy (non-hydrogen) atoms. The molecule has 0 aliphatic carbocycles. The summed E-state index contributed by atoms with van der Waals surface area (Å²) in [5.74, 6) is 2.17. The van der Waals surface area contributed by atoms with Gasteiger partial charge in [-0.05, 0) is 18.1 Å². The third kappa shape index (κ3) is 3.82. The molecule has 1 aromatic heterocycles. The highest BCUT2D eigenvalue weighted by atomic mass is 16.5. The smallest absolute Gasteiger partial charge is 0.224 e. The Morgan fingerprint density at radius 2 is 2.00 bits per heavy atom. The van der Waals surface area contributed by atoms with Crippen LogP contribution in [-0.4, -0.2) is 43.8 Å². The Labute approximate surface area is 126 Å². The van der Waals surface area contributed by atoms with Crippen LogP contribution in [0.1, 0.15) is 13.8 Å². The van der Waals surface area contributed by atoms with Crippen molar-refractivity contribution in [2.45, 2.75) is 13.8 Å². The molecule has 2 aromatic rings. The summed E-state index contributed by atoms with van der Waals surface area (Å²) in [7, 11) is 3.57. The Hall–Kier alpha value is -1.88. The van der Waals surface area contributed by atoms with E-state index in [9.17, 15) is 0 Å². The van der Waals surface area contributed by atoms with Crippen LogP contribution in [0.3, 0.4) is 0 Å². The first kappa shape index (κ1) is 15.5. The molecular formula is C16H24N4O. The minimum atomic E-state index is 0.550. The van der Waals surface area contributed by atoms with Crippen LogP contribution in [-0.2, 0) is 4.74 Å². The number of methoxy groups -OCH3 is 1. The molecule has 2 rings (SSSR count). The Morgan fingerprint density at radius 3 is 2.67 bits per heavy atom. The van der Waals surface area contributed by atoms with Crippen LogP contribution in [0, 0.1) is 5.92 Å². The Bertz CT molecular complexity index is 585. The van der Waals surface area contributed by atoms with Crippen LogP contribution >= 0.6 is 0 Å². The maximum atomic E-state index is 5.24. The summed E-state index contributed by atoms with van der Waals surface area (Å²) in [6, 6.07) is 8.12. The molecule has 0 radical (unpaired) electrons. The van der Waals surface area contributed by atoms with Crippen LogP contribution in [0.2, 0.25) is 0 Å². The van der Waals surface area contributed by atoms with E-state index in [4.69, 9.17) is 4.74 Å². The van der Waals surface area contributed by atoms with Crippen LogP contribution in [0.4, 0.5) is 11.8 Å². The van der Waals surface area contributed by atoms with Crippen LogP contribution in [0.25, 0.3) is 10.9 Å². The maximum absolute atomic E-state index is 5.24. The van der Waals surface area contributed by atoms with E-state index in [1.807, 2.05) is 25.2 Å². The minimum Gasteiger partial charge on any atom is -0.383 e. The first-order valence-corrected chi connectivity index (χ1v) is 7.34. The lowest BCUT2D eigenvalue weighted by Gasteiger charge is -2.26. The van der Waals surface area contributed by atoms with Crippen LogP contribution in [0.15, 0.2) is 24.3 Å². The van der Waals surface area contributed by atoms with E-state index in [-0.39, 0.29) is 0 Å². The van der Waals surface area contributed by atoms with Gasteiger partial charge in [0.15, 0.2) is 0 Å². The van der Waals surface area contributed by atoms with E-state index in [2.05, 4.69) is 40.1 Å². The van der Waals surface area contributed by atoms with E-state index in [1.165, 1.54) is 0 Å². The average molecular weight is 288 g/mol. The van der Waals surface area contributed by atoms with E-state index in [0.29, 0.717) is 18.5 Å². The predicted octanol–water partition coefficient (Wildman–Crippen LogP) is 2.78. The lowest BCUT2D eigenvalue weighted by atomic mass is 10.1. The summed E-state index contributed by atoms with van der Waals surface area (Å²) < 4.78 is 5.24. The maximum Gasteiger partial charge on any atom is 0.224 e. The number of nitrogens with zero attached hydrogens (tertiary/aromatic N) is 3. The molecule has 0 spiro atoms. The summed E-state index contributed by atoms with van der Waals surface area (Å²) in [4.78, 5) is 11.5. The molecule has 0 amide bonds. The number of nitrogens with one attached hydrogen (secondary N) is 1. The second kappa shape index (κ2) is 7.22. The van der Waals surface area contributed by atoms with E-state index < -0.39 is 0 Å². The molecule has 5 nitrogen and oxygen atoms in total. The van der Waals surface area contributed by atoms with Gasteiger partial charge in [0.2, 0.25) is 5.95 Å². The molecular weight excluding hydrogens is 264 g/mol. The Balaban J connectivity index is 2.48. The summed E-state index contributed by atoms with van der Waals surface area (Å²) in [6.45, 7) is 6.86. The lowest BCUT2D eigenvalue weighted by molar-refractivity contribution is 0.204. The van der Waals surface area contributed by atoms with Gasteiger partial charge in [-0.1, -0.05) is 26.0 Å². The minimum absolute atomic E-state index is 0.550. The number of benzene rings is 1. The van der Waals surface area contributed by atoms with Gasteiger partial charge in [0.05, 0.1) is 12.1 Å². The van der Waals surface area contributed by atoms with Gasteiger partial charge in [0, 0.05) is 32.6 Å². The molecule has 0 unspecified atom stereocenters. The van der Waals surface area contributed by atoms with Crippen LogP contribution < -0.4 is 10.2 Å². The van der Waals surface area contributed by atoms with Crippen molar-refractivity contribution >= 4 is 22.7 Å². The first-order valence-electron chi connectivity index (χ1n) is 7.34. The summed E-state index contributed by atoms with van der Waals surface area (Å²) >= 11 is 0. The largest absolute Gasteiger partial charge is 0.383 e. The zero-order valence-corrected chi connectivity index (χ0v) is 13.3. The van der Waals surface area contributed by atoms with Crippen molar-refractivity contribution in [3.05, 3.63) is 24.3 Å². The van der Waals surface area contributed by atoms with E-state index >= 15 is 0 Å². The molecule has 1 heterocycles. The Morgan fingerprint density at radius 1 is 1.24 bits per heavy atom. The second-order valence-electron chi connectivity index (χ2n) is 5.47. The number of para-hydroxylation sites is 1. The van der Waals surface area contributed by atoms with Crippen molar-refractivity contribution in [1.82, 2.24) is 9.97 Å². The third-order valence-corrected chi connectivity index (χ3v) is 3.26. The summed E-state index contributed by atoms with van der Waals surface area (Å²) in [5, 5.41) is 4.12. The topological polar surface area (TPSA) is 50.3 Å².